The number of amides is 1. The normalized spacial score (nSPS) is 10.9. The Kier molecular flexibility index (Phi) is 3.92. The van der Waals surface area contributed by atoms with E-state index in [1.54, 1.807) is 42.7 Å². The minimum atomic E-state index is -0.632. The number of hydrogen-bond acceptors (Lipinski definition) is 5. The summed E-state index contributed by atoms with van der Waals surface area (Å²) in [6.45, 7) is 1.88. The molecular formula is C19H15N5O3. The zero-order valence-electron chi connectivity index (χ0n) is 14.3. The average molecular weight is 361 g/mol. The van der Waals surface area contributed by atoms with Crippen molar-refractivity contribution in [3.63, 3.8) is 0 Å². The molecule has 4 rings (SSSR count). The number of H-pyrrole nitrogens is 1. The second kappa shape index (κ2) is 6.41. The molecule has 1 amide bonds. The predicted molar refractivity (Wildman–Crippen MR) is 100 cm³/mol. The van der Waals surface area contributed by atoms with Gasteiger partial charge < -0.3 is 15.4 Å². The molecule has 0 saturated carbocycles. The van der Waals surface area contributed by atoms with E-state index < -0.39 is 17.2 Å². The number of aromatic nitrogens is 4. The summed E-state index contributed by atoms with van der Waals surface area (Å²) in [7, 11) is 0. The summed E-state index contributed by atoms with van der Waals surface area (Å²) in [5.74, 6) is -1.11. The van der Waals surface area contributed by atoms with Gasteiger partial charge in [0.15, 0.2) is 11.4 Å². The molecule has 0 bridgehead atoms. The standard InChI is InChI=1S/C19H15N5O3/c1-11-3-2-4-13(7-11)24-17(26)9-16(25)18(23-24)19(27)22-12-5-6-14-15(8-12)21-10-20-14/h2-10,25H,1H3,(H,20,21)(H,22,27). The Labute approximate surface area is 153 Å². The first-order valence-corrected chi connectivity index (χ1v) is 8.16. The van der Waals surface area contributed by atoms with Crippen LogP contribution in [-0.4, -0.2) is 30.8 Å². The number of anilines is 1. The molecule has 8 heteroatoms. The maximum Gasteiger partial charge on any atom is 0.279 e. The van der Waals surface area contributed by atoms with Crippen molar-refractivity contribution < 1.29 is 9.90 Å². The molecule has 2 aromatic carbocycles. The molecule has 0 fully saturated rings. The molecule has 0 aliphatic heterocycles. The summed E-state index contributed by atoms with van der Waals surface area (Å²) in [5.41, 5.74) is 2.69. The van der Waals surface area contributed by atoms with Gasteiger partial charge >= 0.3 is 0 Å². The van der Waals surface area contributed by atoms with Gasteiger partial charge in [-0.05, 0) is 42.8 Å². The molecule has 4 aromatic rings. The van der Waals surface area contributed by atoms with Crippen molar-refractivity contribution in [1.29, 1.82) is 0 Å². The van der Waals surface area contributed by atoms with Crippen LogP contribution in [0.15, 0.2) is 59.7 Å². The Morgan fingerprint density at radius 3 is 2.85 bits per heavy atom. The molecule has 0 radical (unpaired) electrons. The molecular weight excluding hydrogens is 346 g/mol. The Hall–Kier alpha value is -3.94. The van der Waals surface area contributed by atoms with Crippen LogP contribution in [0, 0.1) is 6.92 Å². The van der Waals surface area contributed by atoms with Crippen molar-refractivity contribution in [2.75, 3.05) is 5.32 Å². The van der Waals surface area contributed by atoms with Crippen molar-refractivity contribution in [2.45, 2.75) is 6.92 Å². The fourth-order valence-electron chi connectivity index (χ4n) is 2.76. The molecule has 0 unspecified atom stereocenters. The van der Waals surface area contributed by atoms with E-state index in [9.17, 15) is 14.7 Å². The molecule has 0 spiro atoms. The van der Waals surface area contributed by atoms with E-state index in [0.717, 1.165) is 27.3 Å². The van der Waals surface area contributed by atoms with Gasteiger partial charge in [0.05, 0.1) is 23.0 Å². The lowest BCUT2D eigenvalue weighted by Gasteiger charge is -2.10. The molecule has 3 N–H and O–H groups in total. The summed E-state index contributed by atoms with van der Waals surface area (Å²) < 4.78 is 1.08. The van der Waals surface area contributed by atoms with Crippen LogP contribution in [0.5, 0.6) is 5.75 Å². The molecule has 2 aromatic heterocycles. The van der Waals surface area contributed by atoms with Crippen LogP contribution in [0.4, 0.5) is 5.69 Å². The molecule has 134 valence electrons. The number of hydrogen-bond donors (Lipinski definition) is 3. The summed E-state index contributed by atoms with van der Waals surface area (Å²) in [5, 5.41) is 16.8. The molecule has 27 heavy (non-hydrogen) atoms. The summed E-state index contributed by atoms with van der Waals surface area (Å²) in [6.07, 6.45) is 1.56. The highest BCUT2D eigenvalue weighted by molar-refractivity contribution is 6.05. The van der Waals surface area contributed by atoms with Crippen LogP contribution in [0.25, 0.3) is 16.7 Å². The zero-order chi connectivity index (χ0) is 19.0. The predicted octanol–water partition coefficient (Wildman–Crippen LogP) is 2.38. The topological polar surface area (TPSA) is 113 Å². The molecule has 0 aliphatic rings. The third-order valence-electron chi connectivity index (χ3n) is 4.05. The highest BCUT2D eigenvalue weighted by atomic mass is 16.3. The number of benzene rings is 2. The molecule has 2 heterocycles. The quantitative estimate of drug-likeness (QED) is 0.518. The number of imidazole rings is 1. The zero-order valence-corrected chi connectivity index (χ0v) is 14.3. The first kappa shape index (κ1) is 16.5. The Balaban J connectivity index is 1.70. The lowest BCUT2D eigenvalue weighted by Crippen LogP contribution is -2.25. The Morgan fingerprint density at radius 2 is 2.04 bits per heavy atom. The smallest absolute Gasteiger partial charge is 0.279 e. The van der Waals surface area contributed by atoms with Crippen LogP contribution < -0.4 is 10.9 Å². The van der Waals surface area contributed by atoms with E-state index in [4.69, 9.17) is 0 Å². The first-order valence-electron chi connectivity index (χ1n) is 8.16. The van der Waals surface area contributed by atoms with E-state index in [0.29, 0.717) is 11.4 Å². The highest BCUT2D eigenvalue weighted by Gasteiger charge is 2.17. The lowest BCUT2D eigenvalue weighted by atomic mass is 10.2. The first-order chi connectivity index (χ1) is 13.0. The average Bonchev–Trinajstić information content (AvgIpc) is 3.09. The second-order valence-electron chi connectivity index (χ2n) is 6.06. The van der Waals surface area contributed by atoms with Gasteiger partial charge in [0, 0.05) is 11.8 Å². The van der Waals surface area contributed by atoms with Crippen LogP contribution >= 0.6 is 0 Å². The summed E-state index contributed by atoms with van der Waals surface area (Å²) in [6, 6.07) is 13.3. The lowest BCUT2D eigenvalue weighted by molar-refractivity contribution is 0.101. The van der Waals surface area contributed by atoms with Gasteiger partial charge in [0.25, 0.3) is 11.5 Å². The number of carbonyl (C=O) groups is 1. The highest BCUT2D eigenvalue weighted by Crippen LogP contribution is 2.19. The van der Waals surface area contributed by atoms with Crippen LogP contribution in [0.2, 0.25) is 0 Å². The number of nitrogens with zero attached hydrogens (tertiary/aromatic N) is 3. The largest absolute Gasteiger partial charge is 0.505 e. The van der Waals surface area contributed by atoms with E-state index in [1.165, 1.54) is 0 Å². The number of nitrogens with one attached hydrogen (secondary N) is 2. The van der Waals surface area contributed by atoms with Crippen molar-refractivity contribution >= 4 is 22.6 Å². The molecule has 0 atom stereocenters. The van der Waals surface area contributed by atoms with Gasteiger partial charge in [-0.1, -0.05) is 12.1 Å². The van der Waals surface area contributed by atoms with Crippen molar-refractivity contribution in [3.05, 3.63) is 76.5 Å². The van der Waals surface area contributed by atoms with Gasteiger partial charge in [0.2, 0.25) is 0 Å². The van der Waals surface area contributed by atoms with E-state index >= 15 is 0 Å². The molecule has 8 nitrogen and oxygen atoms in total. The van der Waals surface area contributed by atoms with Gasteiger partial charge in [-0.15, -0.1) is 0 Å². The second-order valence-corrected chi connectivity index (χ2v) is 6.06. The third kappa shape index (κ3) is 3.15. The van der Waals surface area contributed by atoms with Crippen molar-refractivity contribution in [3.8, 4) is 11.4 Å². The van der Waals surface area contributed by atoms with Gasteiger partial charge in [-0.25, -0.2) is 4.98 Å². The number of rotatable bonds is 3. The number of carbonyl (C=O) groups excluding carboxylic acids is 1. The van der Waals surface area contributed by atoms with Gasteiger partial charge in [-0.2, -0.15) is 9.78 Å². The number of aromatic amines is 1. The van der Waals surface area contributed by atoms with Crippen LogP contribution in [-0.2, 0) is 0 Å². The van der Waals surface area contributed by atoms with E-state index in [2.05, 4.69) is 20.4 Å². The Bertz CT molecular complexity index is 1230. The van der Waals surface area contributed by atoms with Crippen LogP contribution in [0.3, 0.4) is 0 Å². The van der Waals surface area contributed by atoms with Crippen LogP contribution in [0.1, 0.15) is 16.1 Å². The maximum absolute atomic E-state index is 12.6. The summed E-state index contributed by atoms with van der Waals surface area (Å²) >= 11 is 0. The Morgan fingerprint density at radius 1 is 1.19 bits per heavy atom. The molecule has 0 aliphatic carbocycles. The van der Waals surface area contributed by atoms with Gasteiger partial charge in [0.1, 0.15) is 0 Å². The van der Waals surface area contributed by atoms with Gasteiger partial charge in [-0.3, -0.25) is 9.59 Å². The van der Waals surface area contributed by atoms with E-state index in [1.807, 2.05) is 13.0 Å². The monoisotopic (exact) mass is 361 g/mol. The minimum absolute atomic E-state index is 0.249. The minimum Gasteiger partial charge on any atom is -0.505 e. The fraction of sp³-hybridized carbons (Fsp3) is 0.0526. The molecule has 0 saturated heterocycles. The fourth-order valence-corrected chi connectivity index (χ4v) is 2.76. The third-order valence-corrected chi connectivity index (χ3v) is 4.05. The van der Waals surface area contributed by atoms with Crippen molar-refractivity contribution in [2.24, 2.45) is 0 Å². The summed E-state index contributed by atoms with van der Waals surface area (Å²) in [4.78, 5) is 31.9. The number of aryl methyl sites for hydroxylation is 1. The maximum atomic E-state index is 12.6. The number of aromatic hydroxyl groups is 1. The van der Waals surface area contributed by atoms with E-state index in [-0.39, 0.29) is 5.69 Å². The SMILES string of the molecule is Cc1cccc(-n2nc(C(=O)Nc3ccc4nc[nH]c4c3)c(O)cc2=O)c1. The number of fused-ring (bicyclic) bond motifs is 1. The van der Waals surface area contributed by atoms with Crippen molar-refractivity contribution in [1.82, 2.24) is 19.7 Å².